The molecule has 0 radical (unpaired) electrons. The van der Waals surface area contributed by atoms with Gasteiger partial charge in [0.1, 0.15) is 22.6 Å². The number of carbonyl (C=O) groups is 2. The molecule has 9 nitrogen and oxygen atoms in total. The number of anilines is 1. The molecule has 198 valence electrons. The third kappa shape index (κ3) is 7.21. The molecule has 2 aromatic rings. The summed E-state index contributed by atoms with van der Waals surface area (Å²) < 4.78 is 29.3. The molecule has 4 rings (SSSR count). The van der Waals surface area contributed by atoms with Gasteiger partial charge in [-0.1, -0.05) is 11.8 Å². The highest BCUT2D eigenvalue weighted by Crippen LogP contribution is 2.33. The minimum atomic E-state index is -0.626. The van der Waals surface area contributed by atoms with Crippen molar-refractivity contribution in [3.05, 3.63) is 48.3 Å². The van der Waals surface area contributed by atoms with Crippen LogP contribution in [-0.2, 0) is 14.3 Å². The van der Waals surface area contributed by atoms with Crippen LogP contribution in [0.1, 0.15) is 12.8 Å². The molecule has 2 heterocycles. The average Bonchev–Trinajstić information content (AvgIpc) is 3.19. The van der Waals surface area contributed by atoms with Crippen LogP contribution in [-0.4, -0.2) is 85.6 Å². The van der Waals surface area contributed by atoms with E-state index >= 15 is 0 Å². The topological polar surface area (TPSA) is 92.7 Å². The van der Waals surface area contributed by atoms with Crippen LogP contribution in [0.3, 0.4) is 0 Å². The Morgan fingerprint density at radius 1 is 1.14 bits per heavy atom. The van der Waals surface area contributed by atoms with Gasteiger partial charge in [0, 0.05) is 38.7 Å². The number of thioether (sulfide) groups is 1. The zero-order valence-corrected chi connectivity index (χ0v) is 21.8. The maximum atomic E-state index is 13.4. The maximum absolute atomic E-state index is 13.4. The van der Waals surface area contributed by atoms with Crippen molar-refractivity contribution in [1.29, 1.82) is 0 Å². The Balaban J connectivity index is 1.45. The van der Waals surface area contributed by atoms with Crippen molar-refractivity contribution in [2.75, 3.05) is 58.9 Å². The monoisotopic (exact) mass is 530 g/mol. The SMILES string of the molecule is COc1ccc(OC)c(NC(=O)C[C@@H]2SC(=Nc3ccc(F)cc3)N(CCCN3CCOCC3)C2=O)c1. The van der Waals surface area contributed by atoms with Gasteiger partial charge in [-0.05, 0) is 42.8 Å². The van der Waals surface area contributed by atoms with Gasteiger partial charge in [0.05, 0.1) is 38.8 Å². The van der Waals surface area contributed by atoms with Gasteiger partial charge >= 0.3 is 0 Å². The third-order valence-corrected chi connectivity index (χ3v) is 7.26. The van der Waals surface area contributed by atoms with E-state index in [1.807, 2.05) is 0 Å². The van der Waals surface area contributed by atoms with Gasteiger partial charge in [-0.15, -0.1) is 0 Å². The van der Waals surface area contributed by atoms with Gasteiger partial charge in [0.2, 0.25) is 11.8 Å². The molecule has 2 aromatic carbocycles. The number of hydrogen-bond donors (Lipinski definition) is 1. The van der Waals surface area contributed by atoms with E-state index in [2.05, 4.69) is 15.2 Å². The molecule has 0 saturated carbocycles. The molecule has 2 aliphatic rings. The van der Waals surface area contributed by atoms with Crippen LogP contribution in [0, 0.1) is 5.82 Å². The van der Waals surface area contributed by atoms with E-state index in [0.29, 0.717) is 47.8 Å². The highest BCUT2D eigenvalue weighted by Gasteiger charge is 2.39. The number of amides is 2. The number of rotatable bonds is 10. The van der Waals surface area contributed by atoms with Crippen LogP contribution in [0.4, 0.5) is 15.8 Å². The van der Waals surface area contributed by atoms with Crippen LogP contribution >= 0.6 is 11.8 Å². The lowest BCUT2D eigenvalue weighted by Gasteiger charge is -2.27. The fourth-order valence-electron chi connectivity index (χ4n) is 4.12. The fraction of sp³-hybridized carbons (Fsp3) is 0.423. The van der Waals surface area contributed by atoms with Crippen molar-refractivity contribution >= 4 is 40.1 Å². The number of ether oxygens (including phenoxy) is 3. The first-order valence-corrected chi connectivity index (χ1v) is 13.0. The lowest BCUT2D eigenvalue weighted by Crippen LogP contribution is -2.39. The molecule has 1 N–H and O–H groups in total. The van der Waals surface area contributed by atoms with Gasteiger partial charge in [0.15, 0.2) is 5.17 Å². The van der Waals surface area contributed by atoms with Crippen molar-refractivity contribution in [2.24, 2.45) is 4.99 Å². The molecular formula is C26H31FN4O5S. The summed E-state index contributed by atoms with van der Waals surface area (Å²) >= 11 is 1.25. The Bertz CT molecular complexity index is 1120. The zero-order valence-electron chi connectivity index (χ0n) is 20.9. The van der Waals surface area contributed by atoms with Crippen LogP contribution in [0.5, 0.6) is 11.5 Å². The number of nitrogens with one attached hydrogen (secondary N) is 1. The summed E-state index contributed by atoms with van der Waals surface area (Å²) in [5, 5.41) is 2.71. The molecule has 0 spiro atoms. The summed E-state index contributed by atoms with van der Waals surface area (Å²) in [6, 6.07) is 10.9. The molecular weight excluding hydrogens is 499 g/mol. The normalized spacial score (nSPS) is 19.3. The van der Waals surface area contributed by atoms with Gasteiger partial charge in [-0.25, -0.2) is 9.38 Å². The standard InChI is InChI=1S/C26H31FN4O5S/c1-34-20-8-9-22(35-2)21(16-20)29-24(32)17-23-25(33)31(11-3-10-30-12-14-36-15-13-30)26(37-23)28-19-6-4-18(27)5-7-19/h4-9,16,23H,3,10-15,17H2,1-2H3,(H,29,32)/t23-/m0/s1. The number of amidine groups is 1. The quantitative estimate of drug-likeness (QED) is 0.503. The average molecular weight is 531 g/mol. The summed E-state index contributed by atoms with van der Waals surface area (Å²) in [7, 11) is 3.05. The molecule has 0 aliphatic carbocycles. The van der Waals surface area contributed by atoms with E-state index in [9.17, 15) is 14.0 Å². The number of carbonyl (C=O) groups excluding carboxylic acids is 2. The van der Waals surface area contributed by atoms with Gasteiger partial charge in [0.25, 0.3) is 0 Å². The van der Waals surface area contributed by atoms with Crippen LogP contribution in [0.25, 0.3) is 0 Å². The molecule has 2 fully saturated rings. The van der Waals surface area contributed by atoms with Crippen LogP contribution in [0.2, 0.25) is 0 Å². The second kappa shape index (κ2) is 12.9. The lowest BCUT2D eigenvalue weighted by atomic mass is 10.2. The lowest BCUT2D eigenvalue weighted by molar-refractivity contribution is -0.128. The molecule has 0 unspecified atom stereocenters. The number of halogens is 1. The predicted octanol–water partition coefficient (Wildman–Crippen LogP) is 3.53. The smallest absolute Gasteiger partial charge is 0.242 e. The maximum Gasteiger partial charge on any atom is 0.242 e. The van der Waals surface area contributed by atoms with Crippen molar-refractivity contribution in [2.45, 2.75) is 18.1 Å². The molecule has 2 saturated heterocycles. The molecule has 0 aromatic heterocycles. The van der Waals surface area contributed by atoms with Gasteiger partial charge < -0.3 is 19.5 Å². The number of nitrogens with zero attached hydrogens (tertiary/aromatic N) is 3. The number of benzene rings is 2. The van der Waals surface area contributed by atoms with Crippen molar-refractivity contribution < 1.29 is 28.2 Å². The summed E-state index contributed by atoms with van der Waals surface area (Å²) in [5.41, 5.74) is 1.01. The highest BCUT2D eigenvalue weighted by molar-refractivity contribution is 8.15. The van der Waals surface area contributed by atoms with Crippen LogP contribution < -0.4 is 14.8 Å². The Morgan fingerprint density at radius 2 is 1.89 bits per heavy atom. The first-order valence-electron chi connectivity index (χ1n) is 12.1. The summed E-state index contributed by atoms with van der Waals surface area (Å²) in [6.45, 7) is 4.48. The molecule has 0 bridgehead atoms. The number of hydrogen-bond acceptors (Lipinski definition) is 8. The van der Waals surface area contributed by atoms with E-state index in [1.165, 1.54) is 38.1 Å². The molecule has 2 aliphatic heterocycles. The molecule has 2 amide bonds. The fourth-order valence-corrected chi connectivity index (χ4v) is 5.30. The number of morpholine rings is 1. The van der Waals surface area contributed by atoms with Gasteiger partial charge in [-0.2, -0.15) is 0 Å². The zero-order chi connectivity index (χ0) is 26.2. The Labute approximate surface area is 220 Å². The highest BCUT2D eigenvalue weighted by atomic mass is 32.2. The second-order valence-electron chi connectivity index (χ2n) is 8.59. The van der Waals surface area contributed by atoms with Crippen molar-refractivity contribution in [1.82, 2.24) is 9.80 Å². The minimum Gasteiger partial charge on any atom is -0.497 e. The van der Waals surface area contributed by atoms with Crippen LogP contribution in [0.15, 0.2) is 47.5 Å². The molecule has 37 heavy (non-hydrogen) atoms. The van der Waals surface area contributed by atoms with E-state index < -0.39 is 5.25 Å². The Kier molecular flexibility index (Phi) is 9.37. The largest absolute Gasteiger partial charge is 0.497 e. The van der Waals surface area contributed by atoms with Gasteiger partial charge in [-0.3, -0.25) is 19.4 Å². The number of methoxy groups -OCH3 is 2. The molecule has 1 atom stereocenters. The third-order valence-electron chi connectivity index (χ3n) is 6.08. The van der Waals surface area contributed by atoms with E-state index in [4.69, 9.17) is 14.2 Å². The van der Waals surface area contributed by atoms with Crippen molar-refractivity contribution in [3.8, 4) is 11.5 Å². The molecule has 11 heteroatoms. The first kappa shape index (κ1) is 26.9. The Hall–Kier alpha value is -3.15. The second-order valence-corrected chi connectivity index (χ2v) is 9.76. The van der Waals surface area contributed by atoms with E-state index in [1.54, 1.807) is 35.2 Å². The predicted molar refractivity (Wildman–Crippen MR) is 141 cm³/mol. The van der Waals surface area contributed by atoms with Crippen molar-refractivity contribution in [3.63, 3.8) is 0 Å². The minimum absolute atomic E-state index is 0.0355. The van der Waals surface area contributed by atoms with E-state index in [-0.39, 0.29) is 24.1 Å². The van der Waals surface area contributed by atoms with E-state index in [0.717, 1.165) is 26.1 Å². The number of aliphatic imine (C=N–C) groups is 1. The summed E-state index contributed by atoms with van der Waals surface area (Å²) in [6.07, 6.45) is 0.723. The summed E-state index contributed by atoms with van der Waals surface area (Å²) in [5.74, 6) is 0.212. The first-order chi connectivity index (χ1) is 18.0. The Morgan fingerprint density at radius 3 is 2.59 bits per heavy atom. The summed E-state index contributed by atoms with van der Waals surface area (Å²) in [4.78, 5) is 34.8.